The molecule has 0 atom stereocenters. The number of nitrogens with one attached hydrogen (secondary N) is 2. The Balaban J connectivity index is 1.14. The van der Waals surface area contributed by atoms with Crippen molar-refractivity contribution < 1.29 is 0 Å². The molecule has 0 aliphatic heterocycles. The third-order valence-electron chi connectivity index (χ3n) is 5.54. The fraction of sp³-hybridized carbons (Fsp3) is 0.0714. The number of aromatic nitrogens is 2. The van der Waals surface area contributed by atoms with Crippen molar-refractivity contribution in [2.45, 2.75) is 22.5 Å². The maximum absolute atomic E-state index is 4.81. The summed E-state index contributed by atoms with van der Waals surface area (Å²) in [6.45, 7) is 4.21. The Morgan fingerprint density at radius 3 is 1.44 bits per heavy atom. The molecule has 2 aromatic heterocycles. The second kappa shape index (κ2) is 10.1. The molecular weight excluding hydrogens is 521 g/mol. The monoisotopic (exact) mass is 542 g/mol. The molecule has 2 heterocycles. The van der Waals surface area contributed by atoms with Crippen LogP contribution in [0.15, 0.2) is 93.6 Å². The van der Waals surface area contributed by atoms with Crippen LogP contribution < -0.4 is 10.6 Å². The summed E-state index contributed by atoms with van der Waals surface area (Å²) in [6.07, 6.45) is 0. The first-order valence-electron chi connectivity index (χ1n) is 11.4. The molecule has 0 aliphatic carbocycles. The van der Waals surface area contributed by atoms with Gasteiger partial charge in [-0.1, -0.05) is 24.3 Å². The summed E-state index contributed by atoms with van der Waals surface area (Å²) >= 11 is 3.43. The van der Waals surface area contributed by atoms with E-state index in [9.17, 15) is 0 Å². The number of fused-ring (bicyclic) bond motifs is 2. The quantitative estimate of drug-likeness (QED) is 0.196. The first kappa shape index (κ1) is 23.4. The van der Waals surface area contributed by atoms with Gasteiger partial charge in [0.2, 0.25) is 0 Å². The van der Waals surface area contributed by atoms with Gasteiger partial charge in [-0.2, -0.15) is 0 Å². The van der Waals surface area contributed by atoms with Crippen LogP contribution in [0.5, 0.6) is 0 Å². The van der Waals surface area contributed by atoms with Crippen LogP contribution in [0.1, 0.15) is 11.1 Å². The van der Waals surface area contributed by atoms with Crippen LogP contribution in [-0.2, 0) is 0 Å². The first-order valence-corrected chi connectivity index (χ1v) is 15.2. The topological polar surface area (TPSA) is 49.8 Å². The summed E-state index contributed by atoms with van der Waals surface area (Å²) in [7, 11) is 3.34. The lowest BCUT2D eigenvalue weighted by molar-refractivity contribution is 1.30. The smallest absolute Gasteiger partial charge is 0.162 e. The maximum Gasteiger partial charge on any atom is 0.162 e. The van der Waals surface area contributed by atoms with E-state index >= 15 is 0 Å². The summed E-state index contributed by atoms with van der Waals surface area (Å²) in [5, 5.41) is 6.99. The Morgan fingerprint density at radius 1 is 0.556 bits per heavy atom. The predicted octanol–water partition coefficient (Wildman–Crippen LogP) is 9.81. The van der Waals surface area contributed by atoms with Crippen molar-refractivity contribution in [2.75, 3.05) is 10.6 Å². The maximum atomic E-state index is 4.81. The zero-order valence-corrected chi connectivity index (χ0v) is 22.9. The lowest BCUT2D eigenvalue weighted by Gasteiger charge is -2.06. The molecule has 0 amide bonds. The van der Waals surface area contributed by atoms with Gasteiger partial charge in [0.1, 0.15) is 0 Å². The minimum absolute atomic E-state index is 1.02. The average Bonchev–Trinajstić information content (AvgIpc) is 3.45. The van der Waals surface area contributed by atoms with E-state index in [1.807, 2.05) is 0 Å². The number of hydrogen-bond acceptors (Lipinski definition) is 8. The Labute approximate surface area is 225 Å². The molecule has 0 aliphatic rings. The zero-order chi connectivity index (χ0) is 24.5. The summed E-state index contributed by atoms with van der Waals surface area (Å²) in [5.74, 6) is 0. The zero-order valence-electron chi connectivity index (χ0n) is 19.6. The van der Waals surface area contributed by atoms with E-state index in [1.54, 1.807) is 44.3 Å². The number of nitrogens with zero attached hydrogens (tertiary/aromatic N) is 2. The molecule has 4 aromatic carbocycles. The Morgan fingerprint density at radius 2 is 1.00 bits per heavy atom. The van der Waals surface area contributed by atoms with Crippen molar-refractivity contribution >= 4 is 87.4 Å². The molecule has 0 bridgehead atoms. The van der Waals surface area contributed by atoms with Gasteiger partial charge in [0.15, 0.2) is 8.68 Å². The second-order valence-electron chi connectivity index (χ2n) is 8.48. The molecule has 2 N–H and O–H groups in total. The lowest BCUT2D eigenvalue weighted by atomic mass is 10.2. The van der Waals surface area contributed by atoms with Crippen LogP contribution in [-0.4, -0.2) is 9.97 Å². The molecule has 4 nitrogen and oxygen atoms in total. The lowest BCUT2D eigenvalue weighted by Crippen LogP contribution is -1.89. The van der Waals surface area contributed by atoms with Gasteiger partial charge in [-0.05, 0) is 107 Å². The third-order valence-corrected chi connectivity index (χ3v) is 10.5. The van der Waals surface area contributed by atoms with Gasteiger partial charge in [-0.15, -0.1) is 22.7 Å². The van der Waals surface area contributed by atoms with Crippen LogP contribution in [0.2, 0.25) is 0 Å². The highest BCUT2D eigenvalue weighted by molar-refractivity contribution is 8.77. The highest BCUT2D eigenvalue weighted by atomic mass is 33.1. The largest absolute Gasteiger partial charge is 0.355 e. The average molecular weight is 543 g/mol. The molecule has 178 valence electrons. The van der Waals surface area contributed by atoms with Gasteiger partial charge in [0.05, 0.1) is 20.4 Å². The van der Waals surface area contributed by atoms with Crippen molar-refractivity contribution in [3.8, 4) is 0 Å². The Bertz CT molecular complexity index is 1560. The van der Waals surface area contributed by atoms with E-state index in [-0.39, 0.29) is 0 Å². The number of rotatable bonds is 7. The van der Waals surface area contributed by atoms with Crippen molar-refractivity contribution in [2.24, 2.45) is 0 Å². The summed E-state index contributed by atoms with van der Waals surface area (Å²) < 4.78 is 4.41. The summed E-state index contributed by atoms with van der Waals surface area (Å²) in [6, 6.07) is 29.5. The van der Waals surface area contributed by atoms with Crippen molar-refractivity contribution in [3.63, 3.8) is 0 Å². The minimum Gasteiger partial charge on any atom is -0.355 e. The SMILES string of the molecule is Cc1cccc(Nc2ccc3nc(SSc4nc5ccc(Nc6cccc(C)c6)cc5s4)sc3c2)c1. The molecule has 0 saturated carbocycles. The summed E-state index contributed by atoms with van der Waals surface area (Å²) in [4.78, 5) is 9.62. The van der Waals surface area contributed by atoms with Gasteiger partial charge < -0.3 is 10.6 Å². The van der Waals surface area contributed by atoms with Crippen molar-refractivity contribution in [3.05, 3.63) is 96.1 Å². The number of thiazole rings is 2. The number of hydrogen-bond donors (Lipinski definition) is 2. The molecule has 8 heteroatoms. The molecule has 36 heavy (non-hydrogen) atoms. The van der Waals surface area contributed by atoms with E-state index in [0.717, 1.165) is 42.5 Å². The van der Waals surface area contributed by atoms with E-state index in [4.69, 9.17) is 9.97 Å². The highest BCUT2D eigenvalue weighted by Crippen LogP contribution is 2.44. The van der Waals surface area contributed by atoms with Gasteiger partial charge >= 0.3 is 0 Å². The van der Waals surface area contributed by atoms with Gasteiger partial charge in [-0.25, -0.2) is 9.97 Å². The van der Waals surface area contributed by atoms with Crippen LogP contribution in [0, 0.1) is 13.8 Å². The molecule has 0 unspecified atom stereocenters. The molecule has 0 saturated heterocycles. The fourth-order valence-corrected chi connectivity index (χ4v) is 8.46. The van der Waals surface area contributed by atoms with Crippen molar-refractivity contribution in [1.29, 1.82) is 0 Å². The van der Waals surface area contributed by atoms with Crippen LogP contribution in [0.4, 0.5) is 22.7 Å². The highest BCUT2D eigenvalue weighted by Gasteiger charge is 2.11. The van der Waals surface area contributed by atoms with E-state index in [2.05, 4.69) is 109 Å². The normalized spacial score (nSPS) is 11.3. The van der Waals surface area contributed by atoms with Gasteiger partial charge in [-0.3, -0.25) is 0 Å². The molecule has 6 rings (SSSR count). The Hall–Kier alpha value is -3.04. The Kier molecular flexibility index (Phi) is 6.58. The van der Waals surface area contributed by atoms with Crippen LogP contribution in [0.25, 0.3) is 20.4 Å². The summed E-state index contributed by atoms with van der Waals surface area (Å²) in [5.41, 5.74) is 8.85. The first-order chi connectivity index (χ1) is 17.6. The van der Waals surface area contributed by atoms with Crippen LogP contribution in [0.3, 0.4) is 0 Å². The second-order valence-corrected chi connectivity index (χ2v) is 13.2. The van der Waals surface area contributed by atoms with E-state index in [1.165, 1.54) is 20.5 Å². The van der Waals surface area contributed by atoms with E-state index in [0.29, 0.717) is 0 Å². The molecular formula is C28H22N4S4. The number of benzene rings is 4. The third kappa shape index (κ3) is 5.37. The number of aryl methyl sites for hydroxylation is 2. The van der Waals surface area contributed by atoms with Crippen molar-refractivity contribution in [1.82, 2.24) is 9.97 Å². The van der Waals surface area contributed by atoms with Crippen LogP contribution >= 0.6 is 44.3 Å². The van der Waals surface area contributed by atoms with E-state index < -0.39 is 0 Å². The van der Waals surface area contributed by atoms with Gasteiger partial charge in [0, 0.05) is 22.7 Å². The molecule has 0 radical (unpaired) electrons. The minimum atomic E-state index is 1.02. The molecule has 0 fully saturated rings. The molecule has 6 aromatic rings. The van der Waals surface area contributed by atoms with Gasteiger partial charge in [0.25, 0.3) is 0 Å². The number of anilines is 4. The standard InChI is InChI=1S/C28H22N4S4/c1-17-5-3-7-19(13-17)29-21-9-11-23-25(15-21)33-27(31-23)35-36-28-32-24-12-10-22(16-26(24)34-28)30-20-8-4-6-18(2)14-20/h3-16,29-30H,1-2H3. The predicted molar refractivity (Wildman–Crippen MR) is 160 cm³/mol. The fourth-order valence-electron chi connectivity index (χ4n) is 3.88. The molecule has 0 spiro atoms.